The molecule has 1 N–H and O–H groups in total. The first-order chi connectivity index (χ1) is 11.2. The fourth-order valence-electron chi connectivity index (χ4n) is 2.84. The molecule has 1 saturated heterocycles. The van der Waals surface area contributed by atoms with Crippen molar-refractivity contribution in [1.29, 1.82) is 0 Å². The van der Waals surface area contributed by atoms with Gasteiger partial charge in [-0.25, -0.2) is 9.67 Å². The number of aromatic nitrogens is 4. The molecule has 0 radical (unpaired) electrons. The normalized spacial score (nSPS) is 21.6. The van der Waals surface area contributed by atoms with Crippen molar-refractivity contribution in [2.75, 3.05) is 19.6 Å². The van der Waals surface area contributed by atoms with Crippen LogP contribution in [-0.2, 0) is 11.3 Å². The van der Waals surface area contributed by atoms with Crippen LogP contribution < -0.4 is 5.32 Å². The van der Waals surface area contributed by atoms with Crippen molar-refractivity contribution < 1.29 is 4.79 Å². The van der Waals surface area contributed by atoms with E-state index in [2.05, 4.69) is 32.9 Å². The fourth-order valence-corrected chi connectivity index (χ4v) is 3.69. The van der Waals surface area contributed by atoms with Gasteiger partial charge < -0.3 is 10.2 Å². The Morgan fingerprint density at radius 2 is 2.35 bits per heavy atom. The van der Waals surface area contributed by atoms with Crippen LogP contribution >= 0.6 is 11.3 Å². The third-order valence-corrected chi connectivity index (χ3v) is 5.18. The molecule has 1 atom stereocenters. The first-order valence-corrected chi connectivity index (χ1v) is 8.94. The standard InChI is InChI=1S/C15H20N6OS/c1-10-6-20(5-4-16-10)14(22)8-21-7-12(18-19-21)15-17-13(9-23-15)11-2-3-11/h7,9-11,16H,2-6,8H2,1H3. The molecule has 2 aromatic heterocycles. The summed E-state index contributed by atoms with van der Waals surface area (Å²) in [5.41, 5.74) is 1.92. The van der Waals surface area contributed by atoms with E-state index in [-0.39, 0.29) is 12.5 Å². The zero-order chi connectivity index (χ0) is 15.8. The molecule has 3 heterocycles. The molecule has 122 valence electrons. The predicted molar refractivity (Wildman–Crippen MR) is 87.1 cm³/mol. The van der Waals surface area contributed by atoms with E-state index in [1.54, 1.807) is 16.0 Å². The molecule has 1 unspecified atom stereocenters. The van der Waals surface area contributed by atoms with Crippen LogP contribution in [0, 0.1) is 0 Å². The lowest BCUT2D eigenvalue weighted by Gasteiger charge is -2.31. The van der Waals surface area contributed by atoms with Gasteiger partial charge in [0.2, 0.25) is 5.91 Å². The minimum absolute atomic E-state index is 0.0904. The summed E-state index contributed by atoms with van der Waals surface area (Å²) in [4.78, 5) is 18.9. The largest absolute Gasteiger partial charge is 0.338 e. The molecular weight excluding hydrogens is 312 g/mol. The highest BCUT2D eigenvalue weighted by molar-refractivity contribution is 7.13. The smallest absolute Gasteiger partial charge is 0.244 e. The second kappa shape index (κ2) is 6.01. The number of hydrogen-bond donors (Lipinski definition) is 1. The molecule has 2 aliphatic rings. The number of piperazine rings is 1. The second-order valence-electron chi connectivity index (χ2n) is 6.35. The molecular formula is C15H20N6OS. The third kappa shape index (κ3) is 3.28. The van der Waals surface area contributed by atoms with Crippen LogP contribution in [0.1, 0.15) is 31.4 Å². The zero-order valence-corrected chi connectivity index (χ0v) is 13.9. The molecule has 0 spiro atoms. The van der Waals surface area contributed by atoms with Gasteiger partial charge in [0.25, 0.3) is 0 Å². The molecule has 1 aliphatic heterocycles. The van der Waals surface area contributed by atoms with Crippen LogP contribution in [0.15, 0.2) is 11.6 Å². The number of thiazole rings is 1. The Balaban J connectivity index is 1.41. The summed E-state index contributed by atoms with van der Waals surface area (Å²) in [6.07, 6.45) is 4.31. The van der Waals surface area contributed by atoms with E-state index in [9.17, 15) is 4.79 Å². The molecule has 4 rings (SSSR count). The third-order valence-electron chi connectivity index (χ3n) is 4.29. The summed E-state index contributed by atoms with van der Waals surface area (Å²) in [6, 6.07) is 0.343. The van der Waals surface area contributed by atoms with E-state index in [1.807, 2.05) is 11.1 Å². The van der Waals surface area contributed by atoms with E-state index in [1.165, 1.54) is 18.5 Å². The molecule has 7 nitrogen and oxygen atoms in total. The Labute approximate surface area is 138 Å². The van der Waals surface area contributed by atoms with Crippen molar-refractivity contribution in [3.63, 3.8) is 0 Å². The lowest BCUT2D eigenvalue weighted by atomic mass is 10.2. The number of hydrogen-bond acceptors (Lipinski definition) is 6. The van der Waals surface area contributed by atoms with Crippen LogP contribution in [-0.4, -0.2) is 56.5 Å². The summed E-state index contributed by atoms with van der Waals surface area (Å²) >= 11 is 1.60. The van der Waals surface area contributed by atoms with E-state index in [0.29, 0.717) is 12.0 Å². The summed E-state index contributed by atoms with van der Waals surface area (Å²) in [6.45, 7) is 4.67. The molecule has 23 heavy (non-hydrogen) atoms. The molecule has 1 aliphatic carbocycles. The van der Waals surface area contributed by atoms with E-state index < -0.39 is 0 Å². The number of rotatable bonds is 4. The summed E-state index contributed by atoms with van der Waals surface area (Å²) in [5.74, 6) is 0.735. The number of nitrogens with zero attached hydrogens (tertiary/aromatic N) is 5. The molecule has 1 saturated carbocycles. The van der Waals surface area contributed by atoms with Crippen molar-refractivity contribution in [2.45, 2.75) is 38.3 Å². The minimum atomic E-state index is 0.0904. The van der Waals surface area contributed by atoms with Crippen LogP contribution in [0.3, 0.4) is 0 Å². The quantitative estimate of drug-likeness (QED) is 0.907. The average Bonchev–Trinajstić information content (AvgIpc) is 3.09. The number of carbonyl (C=O) groups is 1. The molecule has 0 aromatic carbocycles. The van der Waals surface area contributed by atoms with Crippen molar-refractivity contribution in [3.8, 4) is 10.7 Å². The molecule has 2 aromatic rings. The highest BCUT2D eigenvalue weighted by atomic mass is 32.1. The highest BCUT2D eigenvalue weighted by Crippen LogP contribution is 2.41. The first kappa shape index (κ1) is 14.8. The van der Waals surface area contributed by atoms with Gasteiger partial charge in [-0.3, -0.25) is 4.79 Å². The maximum Gasteiger partial charge on any atom is 0.244 e. The summed E-state index contributed by atoms with van der Waals surface area (Å²) in [5, 5.41) is 14.6. The van der Waals surface area contributed by atoms with Gasteiger partial charge >= 0.3 is 0 Å². The second-order valence-corrected chi connectivity index (χ2v) is 7.21. The van der Waals surface area contributed by atoms with Gasteiger partial charge in [0.1, 0.15) is 17.2 Å². The Kier molecular flexibility index (Phi) is 3.86. The average molecular weight is 332 g/mol. The number of carbonyl (C=O) groups excluding carboxylic acids is 1. The van der Waals surface area contributed by atoms with E-state index in [0.717, 1.165) is 30.3 Å². The maximum atomic E-state index is 12.4. The summed E-state index contributed by atoms with van der Waals surface area (Å²) < 4.78 is 1.61. The lowest BCUT2D eigenvalue weighted by Crippen LogP contribution is -2.52. The van der Waals surface area contributed by atoms with Crippen LogP contribution in [0.2, 0.25) is 0 Å². The molecule has 0 bridgehead atoms. The first-order valence-electron chi connectivity index (χ1n) is 8.06. The van der Waals surface area contributed by atoms with Crippen molar-refractivity contribution in [1.82, 2.24) is 30.2 Å². The van der Waals surface area contributed by atoms with Crippen LogP contribution in [0.25, 0.3) is 10.7 Å². The lowest BCUT2D eigenvalue weighted by molar-refractivity contribution is -0.133. The van der Waals surface area contributed by atoms with Crippen molar-refractivity contribution in [3.05, 3.63) is 17.3 Å². The van der Waals surface area contributed by atoms with E-state index >= 15 is 0 Å². The Morgan fingerprint density at radius 1 is 1.48 bits per heavy atom. The molecule has 1 amide bonds. The molecule has 8 heteroatoms. The monoisotopic (exact) mass is 332 g/mol. The Bertz CT molecular complexity index is 706. The molecule has 2 fully saturated rings. The van der Waals surface area contributed by atoms with Crippen molar-refractivity contribution >= 4 is 17.2 Å². The topological polar surface area (TPSA) is 75.9 Å². The summed E-state index contributed by atoms with van der Waals surface area (Å²) in [7, 11) is 0. The Morgan fingerprint density at radius 3 is 3.13 bits per heavy atom. The minimum Gasteiger partial charge on any atom is -0.338 e. The fraction of sp³-hybridized carbons (Fsp3) is 0.600. The predicted octanol–water partition coefficient (Wildman–Crippen LogP) is 1.10. The van der Waals surface area contributed by atoms with Gasteiger partial charge in [-0.1, -0.05) is 5.21 Å². The number of nitrogens with one attached hydrogen (secondary N) is 1. The van der Waals surface area contributed by atoms with Crippen molar-refractivity contribution in [2.24, 2.45) is 0 Å². The zero-order valence-electron chi connectivity index (χ0n) is 13.1. The van der Waals surface area contributed by atoms with Gasteiger partial charge in [0, 0.05) is 37.0 Å². The van der Waals surface area contributed by atoms with Gasteiger partial charge in [0.05, 0.1) is 11.9 Å². The van der Waals surface area contributed by atoms with Gasteiger partial charge in [-0.15, -0.1) is 16.4 Å². The van der Waals surface area contributed by atoms with Gasteiger partial charge in [-0.05, 0) is 19.8 Å². The Hall–Kier alpha value is -1.80. The number of amides is 1. The van der Waals surface area contributed by atoms with Crippen LogP contribution in [0.5, 0.6) is 0 Å². The highest BCUT2D eigenvalue weighted by Gasteiger charge is 2.26. The maximum absolute atomic E-state index is 12.4. The van der Waals surface area contributed by atoms with Gasteiger partial charge in [0.15, 0.2) is 0 Å². The van der Waals surface area contributed by atoms with Gasteiger partial charge in [-0.2, -0.15) is 0 Å². The van der Waals surface area contributed by atoms with Crippen LogP contribution in [0.4, 0.5) is 0 Å². The van der Waals surface area contributed by atoms with E-state index in [4.69, 9.17) is 0 Å². The SMILES string of the molecule is CC1CN(C(=O)Cn2cc(-c3nc(C4CC4)cs3)nn2)CCN1.